The van der Waals surface area contributed by atoms with Crippen molar-refractivity contribution in [2.24, 2.45) is 5.73 Å². The Morgan fingerprint density at radius 3 is 2.94 bits per heavy atom. The van der Waals surface area contributed by atoms with Crippen molar-refractivity contribution in [3.05, 3.63) is 30.1 Å². The van der Waals surface area contributed by atoms with Crippen molar-refractivity contribution in [3.63, 3.8) is 0 Å². The number of rotatable bonds is 6. The van der Waals surface area contributed by atoms with E-state index in [1.807, 2.05) is 0 Å². The molecule has 0 spiro atoms. The largest absolute Gasteiger partial charge is 0.480 e. The van der Waals surface area contributed by atoms with Crippen LogP contribution < -0.4 is 11.1 Å². The Balaban J connectivity index is 2.85. The lowest BCUT2D eigenvalue weighted by Gasteiger charge is -2.26. The highest BCUT2D eigenvalue weighted by molar-refractivity contribution is 5.80. The number of pyridine rings is 1. The molecule has 0 saturated heterocycles. The molecule has 1 atom stereocenters. The van der Waals surface area contributed by atoms with Crippen LogP contribution in [0.5, 0.6) is 0 Å². The number of carboxylic acids is 1. The summed E-state index contributed by atoms with van der Waals surface area (Å²) in [6.07, 6.45) is 3.92. The molecule has 1 heterocycles. The van der Waals surface area contributed by atoms with Crippen LogP contribution in [-0.4, -0.2) is 29.1 Å². The summed E-state index contributed by atoms with van der Waals surface area (Å²) < 4.78 is 0. The fraction of sp³-hybridized carbons (Fsp3) is 0.455. The molecule has 0 aliphatic rings. The Bertz CT molecular complexity index is 342. The van der Waals surface area contributed by atoms with Gasteiger partial charge in [-0.2, -0.15) is 0 Å². The third kappa shape index (κ3) is 2.77. The van der Waals surface area contributed by atoms with E-state index in [1.54, 1.807) is 31.5 Å². The average molecular weight is 223 g/mol. The lowest BCUT2D eigenvalue weighted by Crippen LogP contribution is -2.47. The maximum Gasteiger partial charge on any atom is 0.328 e. The highest BCUT2D eigenvalue weighted by atomic mass is 16.4. The summed E-state index contributed by atoms with van der Waals surface area (Å²) in [5.74, 6) is -0.919. The predicted molar refractivity (Wildman–Crippen MR) is 60.9 cm³/mol. The van der Waals surface area contributed by atoms with E-state index in [0.29, 0.717) is 18.7 Å². The van der Waals surface area contributed by atoms with Crippen LogP contribution >= 0.6 is 0 Å². The molecule has 1 aromatic heterocycles. The summed E-state index contributed by atoms with van der Waals surface area (Å²) in [7, 11) is 0. The van der Waals surface area contributed by atoms with Crippen molar-refractivity contribution in [1.29, 1.82) is 0 Å². The van der Waals surface area contributed by atoms with Crippen molar-refractivity contribution < 1.29 is 9.90 Å². The second-order valence-electron chi connectivity index (χ2n) is 3.74. The quantitative estimate of drug-likeness (QED) is 0.604. The number of hydrogen-bond acceptors (Lipinski definition) is 4. The molecule has 5 heteroatoms. The third-order valence-electron chi connectivity index (χ3n) is 2.53. The molecular weight excluding hydrogens is 206 g/mol. The van der Waals surface area contributed by atoms with Crippen molar-refractivity contribution in [2.45, 2.75) is 18.9 Å². The van der Waals surface area contributed by atoms with E-state index in [9.17, 15) is 9.90 Å². The number of carboxylic acid groups (broad SMARTS) is 1. The topological polar surface area (TPSA) is 88.2 Å². The summed E-state index contributed by atoms with van der Waals surface area (Å²) >= 11 is 0. The average Bonchev–Trinajstić information content (AvgIpc) is 2.30. The van der Waals surface area contributed by atoms with Crippen LogP contribution in [0.15, 0.2) is 24.5 Å². The maximum atomic E-state index is 11.3. The van der Waals surface area contributed by atoms with Crippen molar-refractivity contribution in [3.8, 4) is 0 Å². The second-order valence-corrected chi connectivity index (χ2v) is 3.74. The van der Waals surface area contributed by atoms with Crippen molar-refractivity contribution >= 4 is 5.97 Å². The number of aliphatic carboxylic acids is 1. The smallest absolute Gasteiger partial charge is 0.328 e. The molecule has 0 bridgehead atoms. The zero-order valence-corrected chi connectivity index (χ0v) is 9.31. The van der Waals surface area contributed by atoms with Crippen LogP contribution in [0, 0.1) is 0 Å². The Morgan fingerprint density at radius 2 is 2.44 bits per heavy atom. The van der Waals surface area contributed by atoms with E-state index in [1.165, 1.54) is 0 Å². The molecule has 0 aliphatic carbocycles. The van der Waals surface area contributed by atoms with Gasteiger partial charge in [-0.1, -0.05) is 6.07 Å². The van der Waals surface area contributed by atoms with Gasteiger partial charge in [-0.15, -0.1) is 0 Å². The van der Waals surface area contributed by atoms with E-state index in [2.05, 4.69) is 10.3 Å². The van der Waals surface area contributed by atoms with Gasteiger partial charge in [-0.25, -0.2) is 4.79 Å². The van der Waals surface area contributed by atoms with Gasteiger partial charge in [0.25, 0.3) is 0 Å². The fourth-order valence-electron chi connectivity index (χ4n) is 1.40. The third-order valence-corrected chi connectivity index (χ3v) is 2.53. The minimum absolute atomic E-state index is 0.537. The standard InChI is InChI=1S/C11H17N3O2/c1-11(10(15)16,14-7-3-5-12)9-4-2-6-13-8-9/h2,4,6,8,14H,3,5,7,12H2,1H3,(H,15,16). The molecule has 0 amide bonds. The van der Waals surface area contributed by atoms with Gasteiger partial charge in [0.1, 0.15) is 5.54 Å². The number of aromatic nitrogens is 1. The van der Waals surface area contributed by atoms with Crippen molar-refractivity contribution in [2.75, 3.05) is 13.1 Å². The number of carbonyl (C=O) groups is 1. The van der Waals surface area contributed by atoms with Gasteiger partial charge in [0.05, 0.1) is 0 Å². The van der Waals surface area contributed by atoms with Gasteiger partial charge >= 0.3 is 5.97 Å². The van der Waals surface area contributed by atoms with E-state index in [-0.39, 0.29) is 0 Å². The molecule has 5 nitrogen and oxygen atoms in total. The Morgan fingerprint density at radius 1 is 1.69 bits per heavy atom. The molecule has 1 aromatic rings. The van der Waals surface area contributed by atoms with Crippen molar-refractivity contribution in [1.82, 2.24) is 10.3 Å². The number of hydrogen-bond donors (Lipinski definition) is 3. The van der Waals surface area contributed by atoms with E-state index >= 15 is 0 Å². The van der Waals surface area contributed by atoms with Gasteiger partial charge in [-0.3, -0.25) is 10.3 Å². The molecular formula is C11H17N3O2. The molecule has 0 fully saturated rings. The van der Waals surface area contributed by atoms with Gasteiger partial charge in [0.2, 0.25) is 0 Å². The minimum atomic E-state index is -1.11. The lowest BCUT2D eigenvalue weighted by molar-refractivity contribution is -0.144. The van der Waals surface area contributed by atoms with Crippen LogP contribution in [0.2, 0.25) is 0 Å². The SMILES string of the molecule is CC(NCCCN)(C(=O)O)c1cccnc1. The predicted octanol–water partition coefficient (Wildman–Crippen LogP) is 0.320. The summed E-state index contributed by atoms with van der Waals surface area (Å²) in [5.41, 5.74) is 4.90. The molecule has 4 N–H and O–H groups in total. The Kier molecular flexibility index (Phi) is 4.39. The lowest BCUT2D eigenvalue weighted by atomic mass is 9.93. The maximum absolute atomic E-state index is 11.3. The van der Waals surface area contributed by atoms with Crippen LogP contribution in [0.3, 0.4) is 0 Å². The zero-order chi connectivity index (χ0) is 12.0. The van der Waals surface area contributed by atoms with E-state index in [0.717, 1.165) is 6.42 Å². The van der Waals surface area contributed by atoms with Gasteiger partial charge in [-0.05, 0) is 32.5 Å². The first-order chi connectivity index (χ1) is 7.61. The molecule has 0 radical (unpaired) electrons. The van der Waals surface area contributed by atoms with Gasteiger partial charge < -0.3 is 10.8 Å². The highest BCUT2D eigenvalue weighted by Crippen LogP contribution is 2.19. The number of nitrogens with zero attached hydrogens (tertiary/aromatic N) is 1. The van der Waals surface area contributed by atoms with Gasteiger partial charge in [0, 0.05) is 18.0 Å². The van der Waals surface area contributed by atoms with Crippen LogP contribution in [0.25, 0.3) is 0 Å². The summed E-state index contributed by atoms with van der Waals surface area (Å²) in [4.78, 5) is 15.2. The molecule has 88 valence electrons. The first-order valence-corrected chi connectivity index (χ1v) is 5.20. The summed E-state index contributed by atoms with van der Waals surface area (Å²) in [6.45, 7) is 2.73. The first-order valence-electron chi connectivity index (χ1n) is 5.20. The number of nitrogens with two attached hydrogens (primary N) is 1. The minimum Gasteiger partial charge on any atom is -0.480 e. The molecule has 16 heavy (non-hydrogen) atoms. The monoisotopic (exact) mass is 223 g/mol. The Hall–Kier alpha value is -1.46. The number of nitrogens with one attached hydrogen (secondary N) is 1. The molecule has 1 rings (SSSR count). The van der Waals surface area contributed by atoms with E-state index in [4.69, 9.17) is 5.73 Å². The van der Waals surface area contributed by atoms with E-state index < -0.39 is 11.5 Å². The van der Waals surface area contributed by atoms with Crippen LogP contribution in [0.4, 0.5) is 0 Å². The highest BCUT2D eigenvalue weighted by Gasteiger charge is 2.34. The molecule has 0 aromatic carbocycles. The van der Waals surface area contributed by atoms with Crippen LogP contribution in [-0.2, 0) is 10.3 Å². The molecule has 1 unspecified atom stereocenters. The van der Waals surface area contributed by atoms with Crippen LogP contribution in [0.1, 0.15) is 18.9 Å². The summed E-state index contributed by atoms with van der Waals surface area (Å²) in [5, 5.41) is 12.3. The molecule has 0 saturated carbocycles. The Labute approximate surface area is 94.7 Å². The normalized spacial score (nSPS) is 14.4. The zero-order valence-electron chi connectivity index (χ0n) is 9.31. The first kappa shape index (κ1) is 12.6. The summed E-state index contributed by atoms with van der Waals surface area (Å²) in [6, 6.07) is 3.47. The van der Waals surface area contributed by atoms with Gasteiger partial charge in [0.15, 0.2) is 0 Å². The fourth-order valence-corrected chi connectivity index (χ4v) is 1.40. The molecule has 0 aliphatic heterocycles. The second kappa shape index (κ2) is 5.58.